The fourth-order valence-electron chi connectivity index (χ4n) is 3.96. The molecule has 0 aromatic heterocycles. The number of likely N-dealkylation sites (tertiary alicyclic amines) is 1. The number of fused-ring (bicyclic) bond motifs is 2. The lowest BCUT2D eigenvalue weighted by molar-refractivity contribution is -0.113. The van der Waals surface area contributed by atoms with Crippen molar-refractivity contribution in [1.29, 1.82) is 5.41 Å². The van der Waals surface area contributed by atoms with Gasteiger partial charge < -0.3 is 10.3 Å². The van der Waals surface area contributed by atoms with Crippen LogP contribution in [-0.4, -0.2) is 52.4 Å². The first-order chi connectivity index (χ1) is 13.6. The van der Waals surface area contributed by atoms with Gasteiger partial charge >= 0.3 is 0 Å². The Balaban J connectivity index is 1.46. The third kappa shape index (κ3) is 2.94. The summed E-state index contributed by atoms with van der Waals surface area (Å²) in [5.41, 5.74) is 1.55. The topological polar surface area (TPSA) is 81.2 Å². The summed E-state index contributed by atoms with van der Waals surface area (Å²) in [5.74, 6) is 0.401. The summed E-state index contributed by atoms with van der Waals surface area (Å²) >= 11 is 1.45. The van der Waals surface area contributed by atoms with Crippen molar-refractivity contribution in [2.45, 2.75) is 25.8 Å². The van der Waals surface area contributed by atoms with E-state index in [9.17, 15) is 4.79 Å². The molecule has 0 radical (unpaired) electrons. The van der Waals surface area contributed by atoms with E-state index in [1.807, 2.05) is 24.3 Å². The van der Waals surface area contributed by atoms with Gasteiger partial charge in [0, 0.05) is 18.3 Å². The Hall–Kier alpha value is -2.54. The van der Waals surface area contributed by atoms with Crippen molar-refractivity contribution in [2.75, 3.05) is 19.6 Å². The zero-order chi connectivity index (χ0) is 19.3. The van der Waals surface area contributed by atoms with E-state index < -0.39 is 6.04 Å². The lowest BCUT2D eigenvalue weighted by Crippen LogP contribution is -2.35. The van der Waals surface area contributed by atoms with Crippen LogP contribution in [0.5, 0.6) is 0 Å². The Morgan fingerprint density at radius 2 is 2.04 bits per heavy atom. The predicted molar refractivity (Wildman–Crippen MR) is 113 cm³/mol. The van der Waals surface area contributed by atoms with E-state index in [1.165, 1.54) is 11.8 Å². The molecular weight excluding hydrogens is 370 g/mol. The van der Waals surface area contributed by atoms with Crippen LogP contribution in [0.2, 0.25) is 0 Å². The monoisotopic (exact) mass is 391 g/mol. The Labute approximate surface area is 167 Å². The SMILES string of the molecule is CC1CCN(C2=NC3C(=N)/C(=C\C4=c5ccccc5=NC4)C(=O)N=C3S2)CC1. The molecule has 0 saturated carbocycles. The van der Waals surface area contributed by atoms with Gasteiger partial charge in [0.2, 0.25) is 0 Å². The van der Waals surface area contributed by atoms with Crippen LogP contribution in [0, 0.1) is 11.3 Å². The fraction of sp³-hybridized carbons (Fsp3) is 0.381. The molecule has 5 rings (SSSR count). The summed E-state index contributed by atoms with van der Waals surface area (Å²) in [5, 5.41) is 12.1. The lowest BCUT2D eigenvalue weighted by Gasteiger charge is -2.31. The van der Waals surface area contributed by atoms with Crippen molar-refractivity contribution in [2.24, 2.45) is 20.9 Å². The Bertz CT molecular complexity index is 1090. The molecule has 142 valence electrons. The zero-order valence-corrected chi connectivity index (χ0v) is 16.5. The number of nitrogens with one attached hydrogen (secondary N) is 1. The smallest absolute Gasteiger partial charge is 0.279 e. The van der Waals surface area contributed by atoms with E-state index >= 15 is 0 Å². The van der Waals surface area contributed by atoms with Gasteiger partial charge in [0.05, 0.1) is 23.2 Å². The summed E-state index contributed by atoms with van der Waals surface area (Å²) in [7, 11) is 0. The summed E-state index contributed by atoms with van der Waals surface area (Å²) in [6.07, 6.45) is 4.10. The van der Waals surface area contributed by atoms with Crippen LogP contribution in [0.4, 0.5) is 0 Å². The number of amides is 1. The van der Waals surface area contributed by atoms with Crippen molar-refractivity contribution in [1.82, 2.24) is 4.90 Å². The molecule has 6 nitrogen and oxygen atoms in total. The van der Waals surface area contributed by atoms with Crippen LogP contribution in [0.25, 0.3) is 5.57 Å². The standard InChI is InChI=1S/C21H21N5OS/c1-12-6-8-26(9-7-12)21-24-18-17(22)15(19(27)25-20(18)28-21)10-13-11-23-16-5-3-2-4-14(13)16/h2-5,10,12,18,22H,6-9,11H2,1H3/b15-10+,22-17?. The highest BCUT2D eigenvalue weighted by Crippen LogP contribution is 2.32. The van der Waals surface area contributed by atoms with Crippen molar-refractivity contribution in [3.8, 4) is 0 Å². The normalized spacial score (nSPS) is 26.2. The van der Waals surface area contributed by atoms with E-state index in [0.717, 1.165) is 53.2 Å². The number of hydrogen-bond acceptors (Lipinski definition) is 6. The molecule has 1 aromatic rings. The Morgan fingerprint density at radius 1 is 1.25 bits per heavy atom. The fourth-order valence-corrected chi connectivity index (χ4v) is 5.03. The molecule has 1 fully saturated rings. The first kappa shape index (κ1) is 17.6. The van der Waals surface area contributed by atoms with Gasteiger partial charge in [-0.05, 0) is 48.2 Å². The number of piperidine rings is 1. The van der Waals surface area contributed by atoms with Gasteiger partial charge in [0.25, 0.3) is 5.91 Å². The number of carbonyl (C=O) groups is 1. The molecule has 4 aliphatic rings. The summed E-state index contributed by atoms with van der Waals surface area (Å²) in [6.45, 7) is 4.77. The van der Waals surface area contributed by atoms with Gasteiger partial charge in [-0.15, -0.1) is 0 Å². The summed E-state index contributed by atoms with van der Waals surface area (Å²) < 4.78 is 0. The molecule has 0 spiro atoms. The second-order valence-electron chi connectivity index (χ2n) is 7.67. The lowest BCUT2D eigenvalue weighted by atomic mass is 9.98. The highest BCUT2D eigenvalue weighted by Gasteiger charge is 2.39. The maximum absolute atomic E-state index is 12.7. The first-order valence-corrected chi connectivity index (χ1v) is 10.5. The molecule has 4 aliphatic heterocycles. The molecule has 1 aromatic carbocycles. The third-order valence-corrected chi connectivity index (χ3v) is 6.79. The molecule has 1 unspecified atom stereocenters. The number of rotatable bonds is 1. The van der Waals surface area contributed by atoms with E-state index in [1.54, 1.807) is 6.08 Å². The average Bonchev–Trinajstić information content (AvgIpc) is 3.30. The largest absolute Gasteiger partial charge is 0.351 e. The number of carbonyl (C=O) groups excluding carboxylic acids is 1. The highest BCUT2D eigenvalue weighted by atomic mass is 32.2. The van der Waals surface area contributed by atoms with Gasteiger partial charge in [-0.25, -0.2) is 9.98 Å². The molecule has 4 heterocycles. The van der Waals surface area contributed by atoms with Crippen molar-refractivity contribution in [3.05, 3.63) is 46.5 Å². The van der Waals surface area contributed by atoms with E-state index in [2.05, 4.69) is 21.8 Å². The molecule has 1 atom stereocenters. The van der Waals surface area contributed by atoms with Crippen molar-refractivity contribution in [3.63, 3.8) is 0 Å². The number of thioether (sulfide) groups is 1. The van der Waals surface area contributed by atoms with Crippen LogP contribution >= 0.6 is 11.8 Å². The second kappa shape index (κ2) is 6.81. The second-order valence-corrected chi connectivity index (χ2v) is 8.66. The van der Waals surface area contributed by atoms with Crippen LogP contribution in [-0.2, 0) is 4.79 Å². The Morgan fingerprint density at radius 3 is 2.86 bits per heavy atom. The molecule has 1 amide bonds. The van der Waals surface area contributed by atoms with Crippen molar-refractivity contribution >= 4 is 39.2 Å². The highest BCUT2D eigenvalue weighted by molar-refractivity contribution is 8.27. The van der Waals surface area contributed by atoms with Crippen LogP contribution < -0.4 is 10.6 Å². The maximum Gasteiger partial charge on any atom is 0.279 e. The maximum atomic E-state index is 12.7. The minimum absolute atomic E-state index is 0.250. The first-order valence-electron chi connectivity index (χ1n) is 9.67. The van der Waals surface area contributed by atoms with Gasteiger partial charge in [-0.2, -0.15) is 0 Å². The zero-order valence-electron chi connectivity index (χ0n) is 15.7. The quantitative estimate of drug-likeness (QED) is 0.738. The van der Waals surface area contributed by atoms with Gasteiger partial charge in [0.15, 0.2) is 5.17 Å². The number of amidine groups is 1. The minimum atomic E-state index is -0.447. The third-order valence-electron chi connectivity index (χ3n) is 5.72. The number of nitrogens with zero attached hydrogens (tertiary/aromatic N) is 4. The van der Waals surface area contributed by atoms with Crippen LogP contribution in [0.1, 0.15) is 19.8 Å². The predicted octanol–water partition coefficient (Wildman–Crippen LogP) is 1.56. The van der Waals surface area contributed by atoms with E-state index in [-0.39, 0.29) is 11.6 Å². The van der Waals surface area contributed by atoms with Crippen molar-refractivity contribution < 1.29 is 4.79 Å². The van der Waals surface area contributed by atoms with Crippen LogP contribution in [0.15, 0.2) is 50.9 Å². The number of para-hydroxylation sites is 1. The summed E-state index contributed by atoms with van der Waals surface area (Å²) in [6, 6.07) is 7.44. The number of hydrogen-bond donors (Lipinski definition) is 1. The van der Waals surface area contributed by atoms with Crippen LogP contribution in [0.3, 0.4) is 0 Å². The molecule has 0 aliphatic carbocycles. The summed E-state index contributed by atoms with van der Waals surface area (Å²) in [4.78, 5) is 28.5. The van der Waals surface area contributed by atoms with E-state index in [4.69, 9.17) is 10.4 Å². The molecule has 28 heavy (non-hydrogen) atoms. The number of aliphatic imine (C=N–C) groups is 2. The molecule has 1 N–H and O–H groups in total. The number of benzene rings is 1. The van der Waals surface area contributed by atoms with Gasteiger partial charge in [0.1, 0.15) is 11.1 Å². The molecule has 0 bridgehead atoms. The molecule has 1 saturated heterocycles. The minimum Gasteiger partial charge on any atom is -0.351 e. The molecular formula is C21H21N5OS. The Kier molecular flexibility index (Phi) is 4.27. The average molecular weight is 392 g/mol. The van der Waals surface area contributed by atoms with Gasteiger partial charge in [-0.3, -0.25) is 9.79 Å². The molecule has 7 heteroatoms. The van der Waals surface area contributed by atoms with Gasteiger partial charge in [-0.1, -0.05) is 25.1 Å². The van der Waals surface area contributed by atoms with E-state index in [0.29, 0.717) is 17.2 Å².